The van der Waals surface area contributed by atoms with Crippen LogP contribution in [0.3, 0.4) is 0 Å². The molecule has 2 unspecified atom stereocenters. The van der Waals surface area contributed by atoms with Gasteiger partial charge in [0.05, 0.1) is 25.5 Å². The molecule has 0 saturated carbocycles. The van der Waals surface area contributed by atoms with Crippen LogP contribution in [0.15, 0.2) is 48.2 Å². The Kier molecular flexibility index (Phi) is 5.91. The number of carbonyl (C=O) groups excluding carboxylic acids is 2. The molecule has 1 fully saturated rings. The maximum atomic E-state index is 13.9. The number of likely N-dealkylation sites (tertiary alicyclic amines) is 1. The van der Waals surface area contributed by atoms with Crippen LogP contribution < -0.4 is 14.4 Å². The molecule has 0 bridgehead atoms. The molecule has 2 heterocycles. The molecule has 2 aliphatic rings. The van der Waals surface area contributed by atoms with Gasteiger partial charge in [-0.05, 0) is 54.2 Å². The lowest BCUT2D eigenvalue weighted by Crippen LogP contribution is -2.42. The van der Waals surface area contributed by atoms with Crippen molar-refractivity contribution in [3.8, 4) is 11.5 Å². The Bertz CT molecular complexity index is 1090. The zero-order valence-electron chi connectivity index (χ0n) is 18.7. The topological polar surface area (TPSA) is 59.1 Å². The summed E-state index contributed by atoms with van der Waals surface area (Å²) in [5, 5.41) is 0. The Morgan fingerprint density at radius 2 is 1.59 bits per heavy atom. The predicted molar refractivity (Wildman–Crippen MR) is 120 cm³/mol. The Hall–Kier alpha value is -3.35. The first-order chi connectivity index (χ1) is 15.3. The van der Waals surface area contributed by atoms with Crippen molar-refractivity contribution >= 4 is 23.1 Å². The molecule has 2 atom stereocenters. The van der Waals surface area contributed by atoms with Crippen molar-refractivity contribution in [2.45, 2.75) is 20.3 Å². The van der Waals surface area contributed by atoms with Crippen LogP contribution in [0, 0.1) is 17.7 Å². The summed E-state index contributed by atoms with van der Waals surface area (Å²) >= 11 is 0. The molecule has 7 heteroatoms. The molecule has 2 aliphatic heterocycles. The highest BCUT2D eigenvalue weighted by Crippen LogP contribution is 2.39. The maximum absolute atomic E-state index is 13.9. The summed E-state index contributed by atoms with van der Waals surface area (Å²) in [4.78, 5) is 30.3. The quantitative estimate of drug-likeness (QED) is 0.658. The molecule has 0 radical (unpaired) electrons. The van der Waals surface area contributed by atoms with Gasteiger partial charge < -0.3 is 14.4 Å². The van der Waals surface area contributed by atoms with Crippen LogP contribution in [0.25, 0.3) is 5.57 Å². The van der Waals surface area contributed by atoms with E-state index < -0.39 is 17.6 Å². The second-order valence-electron chi connectivity index (χ2n) is 8.57. The van der Waals surface area contributed by atoms with Crippen LogP contribution in [-0.4, -0.2) is 44.0 Å². The minimum absolute atomic E-state index is 0.214. The Morgan fingerprint density at radius 3 is 2.22 bits per heavy atom. The summed E-state index contributed by atoms with van der Waals surface area (Å²) in [5.41, 5.74) is 1.42. The molecule has 0 aliphatic carbocycles. The van der Waals surface area contributed by atoms with E-state index in [2.05, 4.69) is 13.8 Å². The lowest BCUT2D eigenvalue weighted by Gasteiger charge is -2.37. The zero-order chi connectivity index (χ0) is 23.0. The smallest absolute Gasteiger partial charge is 0.282 e. The van der Waals surface area contributed by atoms with Crippen molar-refractivity contribution < 1.29 is 23.5 Å². The Morgan fingerprint density at radius 1 is 0.906 bits per heavy atom. The second kappa shape index (κ2) is 8.65. The summed E-state index contributed by atoms with van der Waals surface area (Å²) in [6.07, 6.45) is 1.06. The molecule has 4 rings (SSSR count). The number of anilines is 1. The lowest BCUT2D eigenvalue weighted by molar-refractivity contribution is -0.120. The highest BCUT2D eigenvalue weighted by molar-refractivity contribution is 6.45. The number of amides is 2. The van der Waals surface area contributed by atoms with Crippen LogP contribution in [0.5, 0.6) is 11.5 Å². The third-order valence-corrected chi connectivity index (χ3v) is 5.98. The van der Waals surface area contributed by atoms with Crippen molar-refractivity contribution in [3.05, 3.63) is 59.5 Å². The van der Waals surface area contributed by atoms with Gasteiger partial charge in [-0.3, -0.25) is 9.59 Å². The number of benzene rings is 2. The van der Waals surface area contributed by atoms with Crippen LogP contribution in [0.2, 0.25) is 0 Å². The number of hydrogen-bond acceptors (Lipinski definition) is 5. The van der Waals surface area contributed by atoms with Gasteiger partial charge >= 0.3 is 0 Å². The van der Waals surface area contributed by atoms with Crippen molar-refractivity contribution in [3.63, 3.8) is 0 Å². The highest BCUT2D eigenvalue weighted by Gasteiger charge is 2.44. The van der Waals surface area contributed by atoms with Gasteiger partial charge in [0.1, 0.15) is 11.5 Å². The van der Waals surface area contributed by atoms with E-state index in [4.69, 9.17) is 9.47 Å². The average molecular weight is 438 g/mol. The van der Waals surface area contributed by atoms with E-state index >= 15 is 0 Å². The lowest BCUT2D eigenvalue weighted by atomic mass is 9.91. The Labute approximate surface area is 187 Å². The molecule has 0 spiro atoms. The fourth-order valence-electron chi connectivity index (χ4n) is 4.76. The molecule has 2 amide bonds. The summed E-state index contributed by atoms with van der Waals surface area (Å²) in [5.74, 6) is 0.317. The van der Waals surface area contributed by atoms with Crippen LogP contribution in [-0.2, 0) is 9.59 Å². The number of halogens is 1. The molecular weight excluding hydrogens is 411 g/mol. The van der Waals surface area contributed by atoms with E-state index in [1.807, 2.05) is 4.90 Å². The first-order valence-corrected chi connectivity index (χ1v) is 10.7. The first-order valence-electron chi connectivity index (χ1n) is 10.7. The van der Waals surface area contributed by atoms with E-state index in [0.29, 0.717) is 53.3 Å². The van der Waals surface area contributed by atoms with E-state index in [-0.39, 0.29) is 5.69 Å². The number of carbonyl (C=O) groups is 2. The molecule has 6 nitrogen and oxygen atoms in total. The standard InChI is InChI=1S/C25H27FN2O4/c1-15-10-16(2)14-27(13-15)23-22(17-8-9-20(31-3)21(11-17)32-4)24(29)28(25(23)30)19-7-5-6-18(26)12-19/h5-9,11-12,15-16H,10,13-14H2,1-4H3. The van der Waals surface area contributed by atoms with Gasteiger partial charge in [-0.1, -0.05) is 26.0 Å². The Balaban J connectivity index is 1.87. The first kappa shape index (κ1) is 21.9. The third kappa shape index (κ3) is 3.83. The predicted octanol–water partition coefficient (Wildman–Crippen LogP) is 4.11. The van der Waals surface area contributed by atoms with Gasteiger partial charge in [0, 0.05) is 13.1 Å². The normalized spacial score (nSPS) is 21.4. The summed E-state index contributed by atoms with van der Waals surface area (Å²) in [6, 6.07) is 10.7. The van der Waals surface area contributed by atoms with Crippen molar-refractivity contribution in [2.24, 2.45) is 11.8 Å². The molecule has 1 saturated heterocycles. The number of imide groups is 1. The molecule has 2 aromatic carbocycles. The zero-order valence-corrected chi connectivity index (χ0v) is 18.7. The van der Waals surface area contributed by atoms with Gasteiger partial charge in [-0.15, -0.1) is 0 Å². The van der Waals surface area contributed by atoms with Gasteiger partial charge in [0.2, 0.25) is 0 Å². The summed E-state index contributed by atoms with van der Waals surface area (Å²) < 4.78 is 24.7. The number of methoxy groups -OCH3 is 2. The third-order valence-electron chi connectivity index (χ3n) is 5.98. The maximum Gasteiger partial charge on any atom is 0.282 e. The summed E-state index contributed by atoms with van der Waals surface area (Å²) in [6.45, 7) is 5.63. The van der Waals surface area contributed by atoms with E-state index in [1.165, 1.54) is 32.4 Å². The number of ether oxygens (including phenoxy) is 2. The van der Waals surface area contributed by atoms with Crippen LogP contribution in [0.4, 0.5) is 10.1 Å². The number of rotatable bonds is 5. The molecular formula is C25H27FN2O4. The van der Waals surface area contributed by atoms with Crippen molar-refractivity contribution in [2.75, 3.05) is 32.2 Å². The van der Waals surface area contributed by atoms with Gasteiger partial charge in [-0.25, -0.2) is 9.29 Å². The minimum Gasteiger partial charge on any atom is -0.493 e. The SMILES string of the molecule is COc1ccc(C2=C(N3CC(C)CC(C)C3)C(=O)N(c3cccc(F)c3)C2=O)cc1OC. The van der Waals surface area contributed by atoms with Gasteiger partial charge in [0.15, 0.2) is 11.5 Å². The van der Waals surface area contributed by atoms with Gasteiger partial charge in [0.25, 0.3) is 11.8 Å². The monoisotopic (exact) mass is 438 g/mol. The highest BCUT2D eigenvalue weighted by atomic mass is 19.1. The molecule has 0 N–H and O–H groups in total. The van der Waals surface area contributed by atoms with Crippen LogP contribution >= 0.6 is 0 Å². The van der Waals surface area contributed by atoms with E-state index in [9.17, 15) is 14.0 Å². The van der Waals surface area contributed by atoms with Crippen LogP contribution in [0.1, 0.15) is 25.8 Å². The number of nitrogens with zero attached hydrogens (tertiary/aromatic N) is 2. The number of hydrogen-bond donors (Lipinski definition) is 0. The second-order valence-corrected chi connectivity index (χ2v) is 8.57. The van der Waals surface area contributed by atoms with E-state index in [1.54, 1.807) is 24.3 Å². The van der Waals surface area contributed by atoms with E-state index in [0.717, 1.165) is 11.3 Å². The fourth-order valence-corrected chi connectivity index (χ4v) is 4.76. The average Bonchev–Trinajstić information content (AvgIpc) is 3.02. The molecule has 0 aromatic heterocycles. The molecule has 32 heavy (non-hydrogen) atoms. The number of piperidine rings is 1. The summed E-state index contributed by atoms with van der Waals surface area (Å²) in [7, 11) is 3.06. The van der Waals surface area contributed by atoms with Crippen molar-refractivity contribution in [1.29, 1.82) is 0 Å². The van der Waals surface area contributed by atoms with Gasteiger partial charge in [-0.2, -0.15) is 0 Å². The largest absolute Gasteiger partial charge is 0.493 e. The van der Waals surface area contributed by atoms with Crippen molar-refractivity contribution in [1.82, 2.24) is 4.90 Å². The molecule has 168 valence electrons. The fraction of sp³-hybridized carbons (Fsp3) is 0.360. The minimum atomic E-state index is -0.510. The molecule has 2 aromatic rings.